The highest BCUT2D eigenvalue weighted by atomic mass is 16.5. The molecule has 6 nitrogen and oxygen atoms in total. The summed E-state index contributed by atoms with van der Waals surface area (Å²) in [7, 11) is 0. The molecule has 0 bridgehead atoms. The highest BCUT2D eigenvalue weighted by Crippen LogP contribution is 2.14. The van der Waals surface area contributed by atoms with Gasteiger partial charge < -0.3 is 25.6 Å². The highest BCUT2D eigenvalue weighted by Gasteiger charge is 2.30. The molecule has 1 amide bonds. The van der Waals surface area contributed by atoms with Crippen LogP contribution in [0, 0.1) is 0 Å². The number of aliphatic hydroxyl groups excluding tert-OH is 1. The number of amides is 1. The van der Waals surface area contributed by atoms with Crippen molar-refractivity contribution in [3.63, 3.8) is 0 Å². The summed E-state index contributed by atoms with van der Waals surface area (Å²) in [5.41, 5.74) is 6.89. The first-order valence-corrected chi connectivity index (χ1v) is 7.08. The second-order valence-electron chi connectivity index (χ2n) is 5.47. The molecule has 1 aromatic carbocycles. The van der Waals surface area contributed by atoms with Crippen LogP contribution in [0.5, 0.6) is 5.75 Å². The molecule has 0 saturated carbocycles. The smallest absolute Gasteiger partial charge is 0.240 e. The number of aromatic hydroxyl groups is 1. The van der Waals surface area contributed by atoms with Crippen LogP contribution in [-0.2, 0) is 16.0 Å². The summed E-state index contributed by atoms with van der Waals surface area (Å²) < 4.78 is 5.51. The van der Waals surface area contributed by atoms with Crippen molar-refractivity contribution in [1.82, 2.24) is 4.90 Å². The fourth-order valence-corrected chi connectivity index (χ4v) is 2.53. The number of ether oxygens (including phenoxy) is 1. The minimum Gasteiger partial charge on any atom is -0.508 e. The van der Waals surface area contributed by atoms with E-state index >= 15 is 0 Å². The van der Waals surface area contributed by atoms with Crippen molar-refractivity contribution in [3.05, 3.63) is 29.8 Å². The molecule has 21 heavy (non-hydrogen) atoms. The van der Waals surface area contributed by atoms with Crippen LogP contribution < -0.4 is 5.73 Å². The molecule has 0 aromatic heterocycles. The molecular weight excluding hydrogens is 272 g/mol. The lowest BCUT2D eigenvalue weighted by molar-refractivity contribution is -0.148. The molecule has 2 rings (SSSR count). The Bertz CT molecular complexity index is 477. The minimum absolute atomic E-state index is 0.110. The van der Waals surface area contributed by atoms with E-state index < -0.39 is 6.04 Å². The van der Waals surface area contributed by atoms with Gasteiger partial charge in [0.15, 0.2) is 0 Å². The molecule has 4 N–H and O–H groups in total. The molecule has 0 radical (unpaired) electrons. The lowest BCUT2D eigenvalue weighted by Gasteiger charge is -2.37. The maximum Gasteiger partial charge on any atom is 0.240 e. The molecule has 3 atom stereocenters. The Kier molecular flexibility index (Phi) is 5.17. The van der Waals surface area contributed by atoms with Crippen molar-refractivity contribution in [2.75, 3.05) is 19.7 Å². The van der Waals surface area contributed by atoms with E-state index in [-0.39, 0.29) is 30.5 Å². The Hall–Kier alpha value is -1.63. The standard InChI is InChI=1S/C15H22N2O4/c1-10-7-17(8-13(9-18)21-10)15(20)14(16)6-11-2-4-12(19)5-3-11/h2-5,10,13-14,18-19H,6-9,16H2,1H3. The molecule has 0 aliphatic carbocycles. The van der Waals surface area contributed by atoms with Gasteiger partial charge in [-0.15, -0.1) is 0 Å². The largest absolute Gasteiger partial charge is 0.508 e. The van der Waals surface area contributed by atoms with Crippen LogP contribution in [0.2, 0.25) is 0 Å². The van der Waals surface area contributed by atoms with E-state index in [2.05, 4.69) is 0 Å². The van der Waals surface area contributed by atoms with Crippen LogP contribution in [0.15, 0.2) is 24.3 Å². The number of morpholine rings is 1. The van der Waals surface area contributed by atoms with Crippen molar-refractivity contribution in [2.24, 2.45) is 5.73 Å². The number of aliphatic hydroxyl groups is 1. The quantitative estimate of drug-likeness (QED) is 0.719. The van der Waals surface area contributed by atoms with Crippen molar-refractivity contribution in [2.45, 2.75) is 31.6 Å². The van der Waals surface area contributed by atoms with Gasteiger partial charge in [0, 0.05) is 13.1 Å². The van der Waals surface area contributed by atoms with E-state index in [9.17, 15) is 15.0 Å². The second kappa shape index (κ2) is 6.89. The lowest BCUT2D eigenvalue weighted by atomic mass is 10.0. The summed E-state index contributed by atoms with van der Waals surface area (Å²) in [4.78, 5) is 14.0. The highest BCUT2D eigenvalue weighted by molar-refractivity contribution is 5.82. The minimum atomic E-state index is -0.640. The van der Waals surface area contributed by atoms with E-state index in [1.165, 1.54) is 0 Å². The molecule has 1 aromatic rings. The molecule has 1 aliphatic rings. The third-order valence-electron chi connectivity index (χ3n) is 3.55. The van der Waals surface area contributed by atoms with Crippen LogP contribution in [0.3, 0.4) is 0 Å². The molecule has 1 fully saturated rings. The third-order valence-corrected chi connectivity index (χ3v) is 3.55. The number of hydrogen-bond donors (Lipinski definition) is 3. The van der Waals surface area contributed by atoms with E-state index in [1.54, 1.807) is 29.2 Å². The maximum atomic E-state index is 12.4. The number of phenolic OH excluding ortho intramolecular Hbond substituents is 1. The maximum absolute atomic E-state index is 12.4. The van der Waals surface area contributed by atoms with Crippen molar-refractivity contribution in [3.8, 4) is 5.75 Å². The topological polar surface area (TPSA) is 96.0 Å². The summed E-state index contributed by atoms with van der Waals surface area (Å²) in [5, 5.41) is 18.4. The molecule has 3 unspecified atom stereocenters. The summed E-state index contributed by atoms with van der Waals surface area (Å²) in [5.74, 6) is 0.0446. The van der Waals surface area contributed by atoms with Crippen LogP contribution in [0.25, 0.3) is 0 Å². The van der Waals surface area contributed by atoms with E-state index in [0.717, 1.165) is 5.56 Å². The van der Waals surface area contributed by atoms with Crippen molar-refractivity contribution >= 4 is 5.91 Å². The van der Waals surface area contributed by atoms with Gasteiger partial charge >= 0.3 is 0 Å². The van der Waals surface area contributed by atoms with Gasteiger partial charge in [0.2, 0.25) is 5.91 Å². The van der Waals surface area contributed by atoms with Crippen LogP contribution >= 0.6 is 0 Å². The van der Waals surface area contributed by atoms with E-state index in [1.807, 2.05) is 6.92 Å². The van der Waals surface area contributed by atoms with Gasteiger partial charge in [-0.1, -0.05) is 12.1 Å². The van der Waals surface area contributed by atoms with E-state index in [4.69, 9.17) is 10.5 Å². The Morgan fingerprint density at radius 1 is 1.43 bits per heavy atom. The molecule has 1 saturated heterocycles. The number of nitrogens with two attached hydrogens (primary N) is 1. The first kappa shape index (κ1) is 15.8. The average Bonchev–Trinajstić information content (AvgIpc) is 2.48. The fourth-order valence-electron chi connectivity index (χ4n) is 2.53. The van der Waals surface area contributed by atoms with Gasteiger partial charge in [-0.2, -0.15) is 0 Å². The lowest BCUT2D eigenvalue weighted by Crippen LogP contribution is -2.55. The van der Waals surface area contributed by atoms with Gasteiger partial charge in [0.1, 0.15) is 5.75 Å². The number of hydrogen-bond acceptors (Lipinski definition) is 5. The Balaban J connectivity index is 1.96. The number of carbonyl (C=O) groups is 1. The zero-order valence-electron chi connectivity index (χ0n) is 12.1. The number of benzene rings is 1. The summed E-state index contributed by atoms with van der Waals surface area (Å²) >= 11 is 0. The van der Waals surface area contributed by atoms with Crippen molar-refractivity contribution < 1.29 is 19.7 Å². The summed E-state index contributed by atoms with van der Waals surface area (Å²) in [6.45, 7) is 2.61. The van der Waals surface area contributed by atoms with Crippen molar-refractivity contribution in [1.29, 1.82) is 0 Å². The molecule has 1 heterocycles. The number of rotatable bonds is 4. The van der Waals surface area contributed by atoms with E-state index in [0.29, 0.717) is 19.5 Å². The number of phenols is 1. The fraction of sp³-hybridized carbons (Fsp3) is 0.533. The SMILES string of the molecule is CC1CN(C(=O)C(N)Cc2ccc(O)cc2)CC(CO)O1. The first-order valence-electron chi connectivity index (χ1n) is 7.08. The molecular formula is C15H22N2O4. The van der Waals surface area contributed by atoms with Crippen LogP contribution in [-0.4, -0.2) is 59.0 Å². The molecule has 1 aliphatic heterocycles. The Labute approximate surface area is 124 Å². The Morgan fingerprint density at radius 2 is 2.10 bits per heavy atom. The predicted octanol–water partition coefficient (Wildman–Crippen LogP) is -0.130. The van der Waals surface area contributed by atoms with Gasteiger partial charge in [-0.3, -0.25) is 4.79 Å². The van der Waals surface area contributed by atoms with Crippen LogP contribution in [0.1, 0.15) is 12.5 Å². The number of nitrogens with zero attached hydrogens (tertiary/aromatic N) is 1. The normalized spacial score (nSPS) is 23.9. The molecule has 0 spiro atoms. The zero-order valence-corrected chi connectivity index (χ0v) is 12.1. The van der Waals surface area contributed by atoms with Gasteiger partial charge in [-0.05, 0) is 31.0 Å². The third kappa shape index (κ3) is 4.17. The summed E-state index contributed by atoms with van der Waals surface area (Å²) in [6.07, 6.45) is -0.0476. The molecule has 116 valence electrons. The summed E-state index contributed by atoms with van der Waals surface area (Å²) in [6, 6.07) is 6.01. The van der Waals surface area contributed by atoms with Gasteiger partial charge in [0.05, 0.1) is 24.9 Å². The number of carbonyl (C=O) groups excluding carboxylic acids is 1. The van der Waals surface area contributed by atoms with Gasteiger partial charge in [0.25, 0.3) is 0 Å². The van der Waals surface area contributed by atoms with Crippen LogP contribution in [0.4, 0.5) is 0 Å². The average molecular weight is 294 g/mol. The predicted molar refractivity (Wildman–Crippen MR) is 77.8 cm³/mol. The first-order chi connectivity index (χ1) is 9.99. The monoisotopic (exact) mass is 294 g/mol. The van der Waals surface area contributed by atoms with Gasteiger partial charge in [-0.25, -0.2) is 0 Å². The Morgan fingerprint density at radius 3 is 2.71 bits per heavy atom. The zero-order chi connectivity index (χ0) is 15.4. The second-order valence-corrected chi connectivity index (χ2v) is 5.47. The molecule has 6 heteroatoms.